The van der Waals surface area contributed by atoms with Crippen LogP contribution in [0.25, 0.3) is 0 Å². The number of hydrogen-bond donors (Lipinski definition) is 0. The topological polar surface area (TPSA) is 25.8 Å². The Morgan fingerprint density at radius 1 is 1.12 bits per heavy atom. The largest absolute Gasteiger partial charge is 0.225 e. The van der Waals surface area contributed by atoms with Crippen LogP contribution in [0.1, 0.15) is 0 Å². The van der Waals surface area contributed by atoms with E-state index in [1.54, 1.807) is 6.07 Å². The van der Waals surface area contributed by atoms with Gasteiger partial charge in [-0.15, -0.1) is 0 Å². The first-order valence-corrected chi connectivity index (χ1v) is 6.21. The average molecular weight is 292 g/mol. The molecular formula is C10H5Cl3N2S. The van der Waals surface area contributed by atoms with Gasteiger partial charge in [-0.2, -0.15) is 0 Å². The first-order chi connectivity index (χ1) is 7.65. The zero-order chi connectivity index (χ0) is 11.5. The third-order valence-electron chi connectivity index (χ3n) is 1.69. The van der Waals surface area contributed by atoms with Crippen molar-refractivity contribution < 1.29 is 0 Å². The molecule has 6 heteroatoms. The van der Waals surface area contributed by atoms with Gasteiger partial charge >= 0.3 is 0 Å². The minimum absolute atomic E-state index is 0.175. The predicted molar refractivity (Wildman–Crippen MR) is 67.6 cm³/mol. The summed E-state index contributed by atoms with van der Waals surface area (Å²) >= 11 is 18.9. The number of hydrogen-bond acceptors (Lipinski definition) is 3. The summed E-state index contributed by atoms with van der Waals surface area (Å²) in [5, 5.41) is 1.92. The summed E-state index contributed by atoms with van der Waals surface area (Å²) in [6.45, 7) is 0. The van der Waals surface area contributed by atoms with Crippen LogP contribution < -0.4 is 0 Å². The Balaban J connectivity index is 2.30. The summed E-state index contributed by atoms with van der Waals surface area (Å²) in [7, 11) is 0. The van der Waals surface area contributed by atoms with Crippen LogP contribution in [0, 0.1) is 0 Å². The molecule has 2 nitrogen and oxygen atoms in total. The molecule has 0 bridgehead atoms. The molecule has 0 saturated heterocycles. The zero-order valence-electron chi connectivity index (χ0n) is 7.82. The fraction of sp³-hybridized carbons (Fsp3) is 0. The standard InChI is InChI=1S/C10H5Cl3N2S/c11-6-2-1-3-7(4-6)16-9-8(12)5-14-10(13)15-9/h1-5H. The van der Waals surface area contributed by atoms with E-state index in [9.17, 15) is 0 Å². The molecular weight excluding hydrogens is 287 g/mol. The van der Waals surface area contributed by atoms with Gasteiger partial charge in [0.15, 0.2) is 0 Å². The quantitative estimate of drug-likeness (QED) is 0.598. The smallest absolute Gasteiger partial charge is 0.223 e. The van der Waals surface area contributed by atoms with Crippen molar-refractivity contribution in [3.63, 3.8) is 0 Å². The SMILES string of the molecule is Clc1cccc(Sc2nc(Cl)ncc2Cl)c1. The summed E-state index contributed by atoms with van der Waals surface area (Å²) < 4.78 is 0. The molecule has 0 unspecified atom stereocenters. The monoisotopic (exact) mass is 290 g/mol. The summed E-state index contributed by atoms with van der Waals surface area (Å²) in [6, 6.07) is 7.42. The Labute approximate surface area is 112 Å². The molecule has 1 heterocycles. The zero-order valence-corrected chi connectivity index (χ0v) is 10.9. The number of rotatable bonds is 2. The van der Waals surface area contributed by atoms with Crippen LogP contribution in [-0.2, 0) is 0 Å². The molecule has 0 radical (unpaired) electrons. The Bertz CT molecular complexity index is 519. The maximum Gasteiger partial charge on any atom is 0.223 e. The van der Waals surface area contributed by atoms with Crippen molar-refractivity contribution >= 4 is 46.6 Å². The molecule has 1 aromatic heterocycles. The lowest BCUT2D eigenvalue weighted by molar-refractivity contribution is 1.05. The van der Waals surface area contributed by atoms with Crippen LogP contribution in [0.2, 0.25) is 15.3 Å². The molecule has 0 aliphatic heterocycles. The second-order valence-corrected chi connectivity index (χ2v) is 5.10. The van der Waals surface area contributed by atoms with E-state index >= 15 is 0 Å². The van der Waals surface area contributed by atoms with E-state index in [4.69, 9.17) is 34.8 Å². The van der Waals surface area contributed by atoms with Gasteiger partial charge in [-0.25, -0.2) is 9.97 Å². The van der Waals surface area contributed by atoms with Gasteiger partial charge < -0.3 is 0 Å². The maximum atomic E-state index is 5.95. The van der Waals surface area contributed by atoms with E-state index in [1.165, 1.54) is 18.0 Å². The van der Waals surface area contributed by atoms with E-state index in [0.717, 1.165) is 4.90 Å². The normalized spacial score (nSPS) is 10.4. The molecule has 0 aliphatic carbocycles. The van der Waals surface area contributed by atoms with Crippen LogP contribution in [0.4, 0.5) is 0 Å². The third-order valence-corrected chi connectivity index (χ3v) is 3.49. The predicted octanol–water partition coefficient (Wildman–Crippen LogP) is 4.59. The molecule has 0 N–H and O–H groups in total. The molecule has 0 aliphatic rings. The summed E-state index contributed by atoms with van der Waals surface area (Å²) in [5.41, 5.74) is 0. The van der Waals surface area contributed by atoms with Crippen molar-refractivity contribution in [2.75, 3.05) is 0 Å². The molecule has 0 spiro atoms. The average Bonchev–Trinajstić information content (AvgIpc) is 2.24. The minimum atomic E-state index is 0.175. The lowest BCUT2D eigenvalue weighted by Gasteiger charge is -2.03. The third kappa shape index (κ3) is 3.01. The lowest BCUT2D eigenvalue weighted by atomic mass is 10.4. The Hall–Kier alpha value is -0.480. The first kappa shape index (κ1) is 12.0. The fourth-order valence-corrected chi connectivity index (χ4v) is 2.53. The van der Waals surface area contributed by atoms with Crippen LogP contribution >= 0.6 is 46.6 Å². The van der Waals surface area contributed by atoms with Gasteiger partial charge in [0.25, 0.3) is 0 Å². The Morgan fingerprint density at radius 2 is 1.94 bits per heavy atom. The second-order valence-electron chi connectivity index (χ2n) is 2.85. The molecule has 0 amide bonds. The van der Waals surface area contributed by atoms with Gasteiger partial charge in [0.1, 0.15) is 5.03 Å². The van der Waals surface area contributed by atoms with E-state index < -0.39 is 0 Å². The number of benzene rings is 1. The molecule has 0 saturated carbocycles. The highest BCUT2D eigenvalue weighted by Gasteiger charge is 2.06. The molecule has 16 heavy (non-hydrogen) atoms. The van der Waals surface area contributed by atoms with Crippen molar-refractivity contribution in [1.29, 1.82) is 0 Å². The van der Waals surface area contributed by atoms with E-state index in [0.29, 0.717) is 15.1 Å². The maximum absolute atomic E-state index is 5.95. The number of aromatic nitrogens is 2. The van der Waals surface area contributed by atoms with Gasteiger partial charge in [-0.3, -0.25) is 0 Å². The van der Waals surface area contributed by atoms with Gasteiger partial charge in [-0.05, 0) is 29.8 Å². The minimum Gasteiger partial charge on any atom is -0.225 e. The highest BCUT2D eigenvalue weighted by Crippen LogP contribution is 2.32. The molecule has 82 valence electrons. The molecule has 1 aromatic carbocycles. The van der Waals surface area contributed by atoms with Crippen molar-refractivity contribution in [3.8, 4) is 0 Å². The Kier molecular flexibility index (Phi) is 3.92. The van der Waals surface area contributed by atoms with E-state index in [1.807, 2.05) is 18.2 Å². The van der Waals surface area contributed by atoms with E-state index in [-0.39, 0.29) is 5.28 Å². The summed E-state index contributed by atoms with van der Waals surface area (Å²) in [4.78, 5) is 8.77. The fourth-order valence-electron chi connectivity index (χ4n) is 1.04. The van der Waals surface area contributed by atoms with Crippen LogP contribution in [-0.4, -0.2) is 9.97 Å². The van der Waals surface area contributed by atoms with Gasteiger partial charge in [0.2, 0.25) is 5.28 Å². The van der Waals surface area contributed by atoms with Crippen molar-refractivity contribution in [3.05, 3.63) is 45.8 Å². The van der Waals surface area contributed by atoms with Crippen molar-refractivity contribution in [2.24, 2.45) is 0 Å². The highest BCUT2D eigenvalue weighted by atomic mass is 35.5. The molecule has 0 atom stereocenters. The van der Waals surface area contributed by atoms with Gasteiger partial charge in [-0.1, -0.05) is 41.0 Å². The van der Waals surface area contributed by atoms with Gasteiger partial charge in [0, 0.05) is 9.92 Å². The number of nitrogens with zero attached hydrogens (tertiary/aromatic N) is 2. The van der Waals surface area contributed by atoms with Crippen LogP contribution in [0.15, 0.2) is 40.4 Å². The van der Waals surface area contributed by atoms with Crippen molar-refractivity contribution in [2.45, 2.75) is 9.92 Å². The summed E-state index contributed by atoms with van der Waals surface area (Å²) in [6.07, 6.45) is 1.48. The molecule has 2 rings (SSSR count). The molecule has 0 fully saturated rings. The molecule has 2 aromatic rings. The lowest BCUT2D eigenvalue weighted by Crippen LogP contribution is -1.86. The van der Waals surface area contributed by atoms with Gasteiger partial charge in [0.05, 0.1) is 11.2 Å². The van der Waals surface area contributed by atoms with Crippen LogP contribution in [0.3, 0.4) is 0 Å². The number of halogens is 3. The highest BCUT2D eigenvalue weighted by molar-refractivity contribution is 7.99. The first-order valence-electron chi connectivity index (χ1n) is 4.26. The second kappa shape index (κ2) is 5.23. The van der Waals surface area contributed by atoms with Crippen molar-refractivity contribution in [1.82, 2.24) is 9.97 Å². The summed E-state index contributed by atoms with van der Waals surface area (Å²) in [5.74, 6) is 0. The van der Waals surface area contributed by atoms with E-state index in [2.05, 4.69) is 9.97 Å². The van der Waals surface area contributed by atoms with Crippen LogP contribution in [0.5, 0.6) is 0 Å². The Morgan fingerprint density at radius 3 is 2.69 bits per heavy atom.